The van der Waals surface area contributed by atoms with Crippen molar-refractivity contribution in [1.82, 2.24) is 0 Å². The van der Waals surface area contributed by atoms with E-state index in [-0.39, 0.29) is 5.41 Å². The third-order valence-corrected chi connectivity index (χ3v) is 3.40. The van der Waals surface area contributed by atoms with E-state index >= 15 is 0 Å². The number of rotatable bonds is 1. The van der Waals surface area contributed by atoms with Crippen molar-refractivity contribution in [2.24, 2.45) is 5.41 Å². The van der Waals surface area contributed by atoms with Gasteiger partial charge in [0.15, 0.2) is 0 Å². The summed E-state index contributed by atoms with van der Waals surface area (Å²) in [6, 6.07) is 0. The Kier molecular flexibility index (Phi) is 3.44. The average Bonchev–Trinajstić information content (AvgIpc) is 2.01. The van der Waals surface area contributed by atoms with Crippen LogP contribution in [-0.2, 0) is 0 Å². The van der Waals surface area contributed by atoms with E-state index in [1.54, 1.807) is 0 Å². The highest BCUT2D eigenvalue weighted by Crippen LogP contribution is 2.35. The van der Waals surface area contributed by atoms with Crippen LogP contribution < -0.4 is 0 Å². The Balaban J connectivity index is 2.94. The first-order chi connectivity index (χ1) is 5.95. The summed E-state index contributed by atoms with van der Waals surface area (Å²) >= 11 is 2.34. The minimum atomic E-state index is 0.109. The largest absolute Gasteiger partial charge is 0.508 e. The van der Waals surface area contributed by atoms with Crippen LogP contribution in [0.3, 0.4) is 0 Å². The molecule has 0 aromatic carbocycles. The topological polar surface area (TPSA) is 20.2 Å². The second kappa shape index (κ2) is 4.03. The summed E-state index contributed by atoms with van der Waals surface area (Å²) in [6.07, 6.45) is 4.07. The third-order valence-electron chi connectivity index (χ3n) is 2.42. The molecule has 1 N–H and O–H groups in total. The van der Waals surface area contributed by atoms with Crippen LogP contribution >= 0.6 is 22.6 Å². The van der Waals surface area contributed by atoms with Crippen LogP contribution in [-0.4, -0.2) is 9.53 Å². The summed E-state index contributed by atoms with van der Waals surface area (Å²) in [7, 11) is 0. The molecule has 1 nitrogen and oxygen atoms in total. The van der Waals surface area contributed by atoms with Gasteiger partial charge in [0.2, 0.25) is 0 Å². The molecule has 1 aliphatic carbocycles. The maximum Gasteiger partial charge on any atom is 0.115 e. The number of hydrogen-bond donors (Lipinski definition) is 1. The second-order valence-electron chi connectivity index (χ2n) is 4.55. The first-order valence-electron chi connectivity index (χ1n) is 4.63. The molecule has 0 fully saturated rings. The number of halogens is 1. The zero-order valence-electron chi connectivity index (χ0n) is 8.52. The molecule has 0 spiro atoms. The van der Waals surface area contributed by atoms with E-state index in [2.05, 4.69) is 43.4 Å². The molecule has 0 unspecified atom stereocenters. The third kappa shape index (κ3) is 2.73. The van der Waals surface area contributed by atoms with Gasteiger partial charge in [-0.25, -0.2) is 0 Å². The zero-order valence-corrected chi connectivity index (χ0v) is 10.7. The SMILES string of the molecule is CC(C)(C)C1=C(O)C=C(CI)CC1. The fourth-order valence-electron chi connectivity index (χ4n) is 1.63. The van der Waals surface area contributed by atoms with Crippen molar-refractivity contribution in [2.75, 3.05) is 4.43 Å². The van der Waals surface area contributed by atoms with Crippen molar-refractivity contribution in [1.29, 1.82) is 0 Å². The fourth-order valence-corrected chi connectivity index (χ4v) is 2.23. The molecular weight excluding hydrogens is 275 g/mol. The smallest absolute Gasteiger partial charge is 0.115 e. The lowest BCUT2D eigenvalue weighted by Gasteiger charge is -2.27. The van der Waals surface area contributed by atoms with E-state index in [1.807, 2.05) is 6.08 Å². The number of allylic oxidation sites excluding steroid dienone is 3. The predicted molar refractivity (Wildman–Crippen MR) is 65.3 cm³/mol. The Morgan fingerprint density at radius 2 is 2.00 bits per heavy atom. The summed E-state index contributed by atoms with van der Waals surface area (Å²) in [5.74, 6) is 0.505. The number of alkyl halides is 1. The molecule has 0 aliphatic heterocycles. The fraction of sp³-hybridized carbons (Fsp3) is 0.636. The van der Waals surface area contributed by atoms with E-state index in [9.17, 15) is 5.11 Å². The summed E-state index contributed by atoms with van der Waals surface area (Å²) < 4.78 is 1.03. The van der Waals surface area contributed by atoms with Crippen LogP contribution in [0.15, 0.2) is 23.0 Å². The van der Waals surface area contributed by atoms with Crippen LogP contribution in [0.4, 0.5) is 0 Å². The highest BCUT2D eigenvalue weighted by atomic mass is 127. The Hall–Kier alpha value is 0.01000. The van der Waals surface area contributed by atoms with E-state index < -0.39 is 0 Å². The van der Waals surface area contributed by atoms with Gasteiger partial charge >= 0.3 is 0 Å². The van der Waals surface area contributed by atoms with Gasteiger partial charge in [-0.2, -0.15) is 0 Å². The molecule has 74 valence electrons. The summed E-state index contributed by atoms with van der Waals surface area (Å²) in [4.78, 5) is 0. The first kappa shape index (κ1) is 11.1. The lowest BCUT2D eigenvalue weighted by Crippen LogP contribution is -2.14. The van der Waals surface area contributed by atoms with Crippen molar-refractivity contribution in [2.45, 2.75) is 33.6 Å². The van der Waals surface area contributed by atoms with Crippen molar-refractivity contribution in [3.63, 3.8) is 0 Å². The molecule has 0 saturated heterocycles. The second-order valence-corrected chi connectivity index (χ2v) is 5.31. The van der Waals surface area contributed by atoms with Crippen molar-refractivity contribution in [3.05, 3.63) is 23.0 Å². The van der Waals surface area contributed by atoms with Crippen molar-refractivity contribution in [3.8, 4) is 0 Å². The molecule has 0 heterocycles. The normalized spacial score (nSPS) is 18.9. The Labute approximate surface area is 94.1 Å². The van der Waals surface area contributed by atoms with E-state index in [0.29, 0.717) is 5.76 Å². The quantitative estimate of drug-likeness (QED) is 0.572. The van der Waals surface area contributed by atoms with Crippen LogP contribution in [0.5, 0.6) is 0 Å². The Morgan fingerprint density at radius 1 is 1.38 bits per heavy atom. The maximum absolute atomic E-state index is 9.81. The van der Waals surface area contributed by atoms with Gasteiger partial charge in [-0.3, -0.25) is 0 Å². The van der Waals surface area contributed by atoms with Gasteiger partial charge in [0.1, 0.15) is 5.76 Å². The van der Waals surface area contributed by atoms with Gasteiger partial charge in [0, 0.05) is 4.43 Å². The highest BCUT2D eigenvalue weighted by molar-refractivity contribution is 14.1. The monoisotopic (exact) mass is 292 g/mol. The van der Waals surface area contributed by atoms with Crippen LogP contribution in [0.1, 0.15) is 33.6 Å². The molecular formula is C11H17IO. The minimum Gasteiger partial charge on any atom is -0.508 e. The average molecular weight is 292 g/mol. The molecule has 0 bridgehead atoms. The number of hydrogen-bond acceptors (Lipinski definition) is 1. The zero-order chi connectivity index (χ0) is 10.1. The van der Waals surface area contributed by atoms with Gasteiger partial charge in [0.05, 0.1) is 0 Å². The summed E-state index contributed by atoms with van der Waals surface area (Å²) in [6.45, 7) is 6.46. The first-order valence-corrected chi connectivity index (χ1v) is 6.15. The van der Waals surface area contributed by atoms with E-state index in [0.717, 1.165) is 17.3 Å². The van der Waals surface area contributed by atoms with Crippen LogP contribution in [0.25, 0.3) is 0 Å². The van der Waals surface area contributed by atoms with Crippen molar-refractivity contribution < 1.29 is 5.11 Å². The van der Waals surface area contributed by atoms with Crippen LogP contribution in [0.2, 0.25) is 0 Å². The molecule has 1 rings (SSSR count). The van der Waals surface area contributed by atoms with Gasteiger partial charge < -0.3 is 5.11 Å². The van der Waals surface area contributed by atoms with E-state index in [4.69, 9.17) is 0 Å². The molecule has 0 amide bonds. The maximum atomic E-state index is 9.81. The number of aliphatic hydroxyl groups is 1. The molecule has 0 saturated carbocycles. The van der Waals surface area contributed by atoms with Gasteiger partial charge in [-0.15, -0.1) is 0 Å². The molecule has 2 heteroatoms. The molecule has 0 aromatic rings. The Bertz CT molecular complexity index is 256. The molecule has 13 heavy (non-hydrogen) atoms. The standard InChI is InChI=1S/C11H17IO/c1-11(2,3)9-5-4-8(7-12)6-10(9)13/h6,13H,4-5,7H2,1-3H3. The minimum absolute atomic E-state index is 0.109. The van der Waals surface area contributed by atoms with Gasteiger partial charge in [-0.1, -0.05) is 48.9 Å². The lowest BCUT2D eigenvalue weighted by molar-refractivity contribution is 0.375. The molecule has 0 aromatic heterocycles. The number of aliphatic hydroxyl groups excluding tert-OH is 1. The van der Waals surface area contributed by atoms with Gasteiger partial charge in [0.25, 0.3) is 0 Å². The molecule has 0 radical (unpaired) electrons. The Morgan fingerprint density at radius 3 is 2.38 bits per heavy atom. The van der Waals surface area contributed by atoms with Crippen LogP contribution in [0, 0.1) is 5.41 Å². The van der Waals surface area contributed by atoms with Crippen molar-refractivity contribution >= 4 is 22.6 Å². The summed E-state index contributed by atoms with van der Waals surface area (Å²) in [5.41, 5.74) is 2.66. The predicted octanol–water partition coefficient (Wildman–Crippen LogP) is 4.00. The molecule has 1 aliphatic rings. The molecule has 0 atom stereocenters. The lowest BCUT2D eigenvalue weighted by atomic mass is 9.80. The van der Waals surface area contributed by atoms with E-state index in [1.165, 1.54) is 11.1 Å². The highest BCUT2D eigenvalue weighted by Gasteiger charge is 2.23. The summed E-state index contributed by atoms with van der Waals surface area (Å²) in [5, 5.41) is 9.81. The van der Waals surface area contributed by atoms with Gasteiger partial charge in [-0.05, 0) is 29.9 Å².